The molecule has 0 bridgehead atoms. The Morgan fingerprint density at radius 2 is 2.25 bits per heavy atom. The Labute approximate surface area is 71.8 Å². The van der Waals surface area contributed by atoms with Gasteiger partial charge in [-0.15, -0.1) is 5.01 Å². The molecule has 6 nitrogen and oxygen atoms in total. The lowest BCUT2D eigenvalue weighted by Gasteiger charge is -2.18. The number of hydrogen-bond acceptors (Lipinski definition) is 3. The van der Waals surface area contributed by atoms with E-state index in [4.69, 9.17) is 10.9 Å². The van der Waals surface area contributed by atoms with Gasteiger partial charge in [0.25, 0.3) is 0 Å². The molecule has 12 heavy (non-hydrogen) atoms. The van der Waals surface area contributed by atoms with Crippen LogP contribution in [-0.2, 0) is 0 Å². The van der Waals surface area contributed by atoms with Crippen molar-refractivity contribution in [1.82, 2.24) is 5.01 Å². The molecule has 0 amide bonds. The number of likely N-dealkylation sites (N-methyl/N-ethyl adjacent to an activating group) is 1. The van der Waals surface area contributed by atoms with Crippen LogP contribution in [-0.4, -0.2) is 34.3 Å². The summed E-state index contributed by atoms with van der Waals surface area (Å²) in [4.78, 5) is 0.148. The summed E-state index contributed by atoms with van der Waals surface area (Å²) in [7, 11) is 0. The normalized spacial score (nSPS) is 14.4. The summed E-state index contributed by atoms with van der Waals surface area (Å²) in [5.41, 5.74) is 5.61. The summed E-state index contributed by atoms with van der Waals surface area (Å²) in [6.07, 6.45) is 0.787. The molecule has 6 heteroatoms. The molecule has 0 rings (SSSR count). The molecule has 0 radical (unpaired) electrons. The minimum atomic E-state index is -0.0665. The van der Waals surface area contributed by atoms with Crippen LogP contribution in [0.1, 0.15) is 20.3 Å². The fourth-order valence-corrected chi connectivity index (χ4v) is 0.776. The van der Waals surface area contributed by atoms with Gasteiger partial charge in [-0.05, 0) is 13.3 Å². The topological polar surface area (TPSA) is 87.9 Å². The van der Waals surface area contributed by atoms with Crippen molar-refractivity contribution in [2.75, 3.05) is 13.1 Å². The predicted octanol–water partition coefficient (Wildman–Crippen LogP) is 0.312. The molecule has 0 aliphatic rings. The zero-order chi connectivity index (χ0) is 9.56. The number of nitrogens with two attached hydrogens (primary N) is 1. The Kier molecular flexibility index (Phi) is 5.11. The Hall–Kier alpha value is -1.04. The van der Waals surface area contributed by atoms with Gasteiger partial charge in [-0.2, -0.15) is 0 Å². The van der Waals surface area contributed by atoms with E-state index in [1.165, 1.54) is 5.01 Å². The molecule has 0 fully saturated rings. The number of hydrogen-bond donors (Lipinski definition) is 2. The third-order valence-electron chi connectivity index (χ3n) is 1.65. The molecule has 0 aromatic carbocycles. The molecule has 0 aliphatic carbocycles. The lowest BCUT2D eigenvalue weighted by molar-refractivity contribution is -0.709. The molecule has 0 aliphatic heterocycles. The van der Waals surface area contributed by atoms with Crippen molar-refractivity contribution in [2.24, 2.45) is 11.0 Å². The summed E-state index contributed by atoms with van der Waals surface area (Å²) in [6.45, 7) is 4.60. The van der Waals surface area contributed by atoms with Crippen LogP contribution in [0.25, 0.3) is 0 Å². The van der Waals surface area contributed by atoms with Gasteiger partial charge < -0.3 is 16.1 Å². The number of rotatable bonds is 5. The fraction of sp³-hybridized carbons (Fsp3) is 1.00. The zero-order valence-electron chi connectivity index (χ0n) is 7.47. The molecular formula is C6H16N4O2. The minimum Gasteiger partial charge on any atom is -0.569 e. The highest BCUT2D eigenvalue weighted by atomic mass is 16.6. The highest BCUT2D eigenvalue weighted by Crippen LogP contribution is 1.94. The monoisotopic (exact) mass is 176 g/mol. The predicted molar refractivity (Wildman–Crippen MR) is 43.4 cm³/mol. The fourth-order valence-electron chi connectivity index (χ4n) is 0.776. The Balaban J connectivity index is 3.99. The first-order chi connectivity index (χ1) is 5.65. The lowest BCUT2D eigenvalue weighted by Crippen LogP contribution is -2.40. The van der Waals surface area contributed by atoms with Crippen molar-refractivity contribution in [1.29, 1.82) is 0 Å². The second kappa shape index (κ2) is 5.59. The van der Waals surface area contributed by atoms with Gasteiger partial charge >= 0.3 is 0 Å². The van der Waals surface area contributed by atoms with Crippen molar-refractivity contribution in [3.05, 3.63) is 5.21 Å². The van der Waals surface area contributed by atoms with Gasteiger partial charge in [-0.1, -0.05) is 6.92 Å². The summed E-state index contributed by atoms with van der Waals surface area (Å²) in [5.74, 6) is 0. The quantitative estimate of drug-likeness (QED) is 0.358. The van der Waals surface area contributed by atoms with Gasteiger partial charge in [0.1, 0.15) is 0 Å². The molecule has 1 atom stereocenters. The maximum absolute atomic E-state index is 10.8. The van der Waals surface area contributed by atoms with Crippen molar-refractivity contribution in [2.45, 2.75) is 26.3 Å². The maximum Gasteiger partial charge on any atom is 0.230 e. The van der Waals surface area contributed by atoms with Crippen LogP contribution in [0.15, 0.2) is 5.28 Å². The molecule has 0 heterocycles. The largest absolute Gasteiger partial charge is 0.569 e. The average Bonchev–Trinajstić information content (AvgIpc) is 2.12. The summed E-state index contributed by atoms with van der Waals surface area (Å²) < 4.78 is 0. The first-order valence-corrected chi connectivity index (χ1v) is 3.98. The van der Waals surface area contributed by atoms with Crippen molar-refractivity contribution in [3.8, 4) is 0 Å². The lowest BCUT2D eigenvalue weighted by atomic mass is 10.2. The van der Waals surface area contributed by atoms with Gasteiger partial charge in [-0.3, -0.25) is 0 Å². The standard InChI is InChI=1S/C6H16N4O2/c1-3-6(7)5-9(4-2)10(12)8-11/h6,11H,3-5,7H2,1-2H3. The van der Waals surface area contributed by atoms with E-state index in [1.54, 1.807) is 6.92 Å². The van der Waals surface area contributed by atoms with Gasteiger partial charge in [0.15, 0.2) is 0 Å². The zero-order valence-corrected chi connectivity index (χ0v) is 7.47. The van der Waals surface area contributed by atoms with Crippen molar-refractivity contribution in [3.63, 3.8) is 0 Å². The van der Waals surface area contributed by atoms with E-state index in [-0.39, 0.29) is 11.0 Å². The van der Waals surface area contributed by atoms with Crippen LogP contribution >= 0.6 is 0 Å². The number of nitrogens with zero attached hydrogens (tertiary/aromatic N) is 3. The highest BCUT2D eigenvalue weighted by Gasteiger charge is 2.13. The molecule has 72 valence electrons. The minimum absolute atomic E-state index is 0.0665. The Morgan fingerprint density at radius 3 is 2.58 bits per heavy atom. The van der Waals surface area contributed by atoms with Crippen molar-refractivity contribution >= 4 is 0 Å². The third-order valence-corrected chi connectivity index (χ3v) is 1.65. The van der Waals surface area contributed by atoms with E-state index in [1.807, 2.05) is 6.92 Å². The Bertz CT molecular complexity index is 150. The highest BCUT2D eigenvalue weighted by molar-refractivity contribution is 4.59. The van der Waals surface area contributed by atoms with Gasteiger partial charge in [0.05, 0.1) is 18.1 Å². The number of hydrazine groups is 1. The molecule has 0 saturated carbocycles. The van der Waals surface area contributed by atoms with Gasteiger partial charge in [0.2, 0.25) is 5.28 Å². The smallest absolute Gasteiger partial charge is 0.230 e. The summed E-state index contributed by atoms with van der Waals surface area (Å²) in [6, 6.07) is -0.0665. The molecular weight excluding hydrogens is 160 g/mol. The van der Waals surface area contributed by atoms with Crippen LogP contribution in [0.4, 0.5) is 0 Å². The maximum atomic E-state index is 10.8. The molecule has 0 aromatic rings. The van der Waals surface area contributed by atoms with Crippen LogP contribution in [0.5, 0.6) is 0 Å². The van der Waals surface area contributed by atoms with Crippen LogP contribution < -0.4 is 5.73 Å². The SMILES string of the molecule is CCC(N)CN(CC)[N+]([O-])=NO. The summed E-state index contributed by atoms with van der Waals surface area (Å²) >= 11 is 0. The molecule has 0 spiro atoms. The van der Waals surface area contributed by atoms with Crippen LogP contribution in [0, 0.1) is 5.21 Å². The van der Waals surface area contributed by atoms with E-state index >= 15 is 0 Å². The van der Waals surface area contributed by atoms with Crippen molar-refractivity contribution < 1.29 is 10.2 Å². The molecule has 0 aromatic heterocycles. The first kappa shape index (κ1) is 11.0. The molecule has 0 saturated heterocycles. The molecule has 3 N–H and O–H groups in total. The van der Waals surface area contributed by atoms with Crippen LogP contribution in [0.3, 0.4) is 0 Å². The van der Waals surface area contributed by atoms with E-state index in [2.05, 4.69) is 5.28 Å². The molecule has 1 unspecified atom stereocenters. The first-order valence-electron chi connectivity index (χ1n) is 3.98. The van der Waals surface area contributed by atoms with E-state index in [0.717, 1.165) is 6.42 Å². The van der Waals surface area contributed by atoms with E-state index < -0.39 is 0 Å². The Morgan fingerprint density at radius 1 is 1.67 bits per heavy atom. The van der Waals surface area contributed by atoms with Gasteiger partial charge in [-0.25, -0.2) is 0 Å². The second-order valence-electron chi connectivity index (χ2n) is 2.52. The van der Waals surface area contributed by atoms with E-state index in [9.17, 15) is 5.21 Å². The van der Waals surface area contributed by atoms with Gasteiger partial charge in [0, 0.05) is 6.04 Å². The average molecular weight is 176 g/mol. The second-order valence-corrected chi connectivity index (χ2v) is 2.52. The third kappa shape index (κ3) is 3.38. The summed E-state index contributed by atoms with van der Waals surface area (Å²) in [5, 5.41) is 22.8. The van der Waals surface area contributed by atoms with Crippen LogP contribution in [0.2, 0.25) is 0 Å². The van der Waals surface area contributed by atoms with E-state index in [0.29, 0.717) is 13.1 Å².